The maximum Gasteiger partial charge on any atom is 0.339 e. The number of aromatic carboxylic acids is 1. The fraction of sp³-hybridized carbons (Fsp3) is 0.100. The van der Waals surface area contributed by atoms with Crippen molar-refractivity contribution in [1.82, 2.24) is 10.2 Å². The number of carboxylic acid groups (broad SMARTS) is 1. The highest BCUT2D eigenvalue weighted by atomic mass is 32.2. The predicted octanol–water partition coefficient (Wildman–Crippen LogP) is 1.95. The molecule has 0 saturated carbocycles. The van der Waals surface area contributed by atoms with Crippen molar-refractivity contribution in [3.63, 3.8) is 0 Å². The molecule has 1 aromatic carbocycles. The van der Waals surface area contributed by atoms with E-state index in [1.54, 1.807) is 6.92 Å². The number of benzene rings is 1. The minimum absolute atomic E-state index is 0.168. The van der Waals surface area contributed by atoms with Crippen molar-refractivity contribution in [3.8, 4) is 0 Å². The van der Waals surface area contributed by atoms with Gasteiger partial charge in [-0.05, 0) is 23.9 Å². The predicted molar refractivity (Wildman–Crippen MR) is 60.9 cm³/mol. The second-order valence-electron chi connectivity index (χ2n) is 3.33. The van der Waals surface area contributed by atoms with Crippen LogP contribution in [0.15, 0.2) is 26.7 Å². The Morgan fingerprint density at radius 1 is 1.50 bits per heavy atom. The number of anilines is 1. The normalized spacial score (nSPS) is 10.6. The lowest BCUT2D eigenvalue weighted by Crippen LogP contribution is -2.06. The van der Waals surface area contributed by atoms with Crippen LogP contribution >= 0.6 is 11.8 Å². The Hall–Kier alpha value is -2.09. The summed E-state index contributed by atoms with van der Waals surface area (Å²) in [6.07, 6.45) is 0. The molecule has 0 saturated heterocycles. The Morgan fingerprint density at radius 3 is 2.78 bits per heavy atom. The highest BCUT2D eigenvalue weighted by Gasteiger charge is 2.19. The summed E-state index contributed by atoms with van der Waals surface area (Å²) < 4.78 is 18.3. The summed E-state index contributed by atoms with van der Waals surface area (Å²) in [6.45, 7) is 1.61. The van der Waals surface area contributed by atoms with Crippen molar-refractivity contribution in [1.29, 1.82) is 0 Å². The third-order valence-electron chi connectivity index (χ3n) is 2.07. The van der Waals surface area contributed by atoms with Crippen LogP contribution in [0.5, 0.6) is 0 Å². The van der Waals surface area contributed by atoms with Crippen molar-refractivity contribution in [3.05, 3.63) is 29.4 Å². The van der Waals surface area contributed by atoms with Crippen LogP contribution < -0.4 is 5.73 Å². The zero-order valence-electron chi connectivity index (χ0n) is 9.18. The van der Waals surface area contributed by atoms with Gasteiger partial charge in [-0.15, -0.1) is 10.2 Å². The molecule has 0 bridgehead atoms. The summed E-state index contributed by atoms with van der Waals surface area (Å²) in [6, 6.07) is 2.40. The van der Waals surface area contributed by atoms with Gasteiger partial charge in [0.05, 0.1) is 11.3 Å². The molecule has 2 aromatic rings. The molecule has 0 spiro atoms. The average Bonchev–Trinajstić information content (AvgIpc) is 2.69. The highest BCUT2D eigenvalue weighted by molar-refractivity contribution is 7.99. The summed E-state index contributed by atoms with van der Waals surface area (Å²) in [5, 5.41) is 16.5. The molecule has 0 amide bonds. The summed E-state index contributed by atoms with van der Waals surface area (Å²) >= 11 is 0.918. The van der Waals surface area contributed by atoms with E-state index < -0.39 is 17.5 Å². The number of halogens is 1. The Morgan fingerprint density at radius 2 is 2.22 bits per heavy atom. The molecule has 1 heterocycles. The molecule has 0 radical (unpaired) electrons. The first-order valence-corrected chi connectivity index (χ1v) is 5.60. The molecule has 94 valence electrons. The average molecular weight is 269 g/mol. The van der Waals surface area contributed by atoms with Crippen LogP contribution in [0.25, 0.3) is 0 Å². The van der Waals surface area contributed by atoms with Gasteiger partial charge in [0.15, 0.2) is 0 Å². The van der Waals surface area contributed by atoms with Crippen molar-refractivity contribution in [2.45, 2.75) is 17.0 Å². The molecule has 1 aromatic heterocycles. The first-order valence-electron chi connectivity index (χ1n) is 4.78. The van der Waals surface area contributed by atoms with E-state index in [0.717, 1.165) is 17.8 Å². The third-order valence-corrected chi connectivity index (χ3v) is 2.97. The van der Waals surface area contributed by atoms with Gasteiger partial charge < -0.3 is 15.3 Å². The Bertz CT molecular complexity index is 614. The molecular formula is C10H8FN3O3S. The molecule has 0 atom stereocenters. The summed E-state index contributed by atoms with van der Waals surface area (Å²) in [7, 11) is 0. The van der Waals surface area contributed by atoms with Gasteiger partial charge in [-0.3, -0.25) is 0 Å². The molecule has 0 aliphatic heterocycles. The second kappa shape index (κ2) is 4.65. The lowest BCUT2D eigenvalue weighted by Gasteiger charge is -2.06. The molecule has 0 aliphatic carbocycles. The van der Waals surface area contributed by atoms with E-state index in [4.69, 9.17) is 15.3 Å². The van der Waals surface area contributed by atoms with Gasteiger partial charge in [-0.1, -0.05) is 0 Å². The third kappa shape index (κ3) is 2.28. The number of rotatable bonds is 3. The van der Waals surface area contributed by atoms with Gasteiger partial charge in [-0.2, -0.15) is 0 Å². The standard InChI is InChI=1S/C10H8FN3O3S/c1-4-13-14-10(17-4)18-6-3-2-5(11)8(12)7(6)9(15)16/h2-3H,12H2,1H3,(H,15,16). The zero-order valence-corrected chi connectivity index (χ0v) is 9.99. The topological polar surface area (TPSA) is 102 Å². The fourth-order valence-electron chi connectivity index (χ4n) is 1.29. The van der Waals surface area contributed by atoms with Gasteiger partial charge in [0.1, 0.15) is 5.82 Å². The minimum atomic E-state index is -1.31. The van der Waals surface area contributed by atoms with Crippen LogP contribution in [0.1, 0.15) is 16.2 Å². The van der Waals surface area contributed by atoms with Crippen molar-refractivity contribution >= 4 is 23.4 Å². The fourth-order valence-corrected chi connectivity index (χ4v) is 2.16. The molecule has 0 unspecified atom stereocenters. The molecule has 2 rings (SSSR count). The molecule has 0 fully saturated rings. The van der Waals surface area contributed by atoms with Crippen LogP contribution in [0.4, 0.5) is 10.1 Å². The number of aryl methyl sites for hydroxylation is 1. The summed E-state index contributed by atoms with van der Waals surface area (Å²) in [5.74, 6) is -1.74. The van der Waals surface area contributed by atoms with Crippen LogP contribution in [0.3, 0.4) is 0 Å². The highest BCUT2D eigenvalue weighted by Crippen LogP contribution is 2.33. The minimum Gasteiger partial charge on any atom is -0.478 e. The van der Waals surface area contributed by atoms with Crippen LogP contribution in [0.2, 0.25) is 0 Å². The van der Waals surface area contributed by atoms with E-state index >= 15 is 0 Å². The zero-order chi connectivity index (χ0) is 13.3. The Balaban J connectivity index is 2.44. The van der Waals surface area contributed by atoms with Crippen LogP contribution in [-0.2, 0) is 0 Å². The Kier molecular flexibility index (Phi) is 3.19. The smallest absolute Gasteiger partial charge is 0.339 e. The van der Waals surface area contributed by atoms with Gasteiger partial charge in [-0.25, -0.2) is 9.18 Å². The molecule has 0 aliphatic rings. The lowest BCUT2D eigenvalue weighted by molar-refractivity contribution is 0.0694. The van der Waals surface area contributed by atoms with Crippen LogP contribution in [0, 0.1) is 12.7 Å². The number of carbonyl (C=O) groups is 1. The molecule has 3 N–H and O–H groups in total. The number of hydrogen-bond donors (Lipinski definition) is 2. The number of aromatic nitrogens is 2. The first kappa shape index (κ1) is 12.4. The number of carboxylic acids is 1. The molecule has 8 heteroatoms. The summed E-state index contributed by atoms with van der Waals surface area (Å²) in [4.78, 5) is 11.3. The first-order chi connectivity index (χ1) is 8.49. The van der Waals surface area contributed by atoms with Gasteiger partial charge in [0.2, 0.25) is 5.89 Å². The lowest BCUT2D eigenvalue weighted by atomic mass is 10.2. The van der Waals surface area contributed by atoms with E-state index in [2.05, 4.69) is 10.2 Å². The van der Waals surface area contributed by atoms with Gasteiger partial charge >= 0.3 is 5.97 Å². The van der Waals surface area contributed by atoms with E-state index in [-0.39, 0.29) is 15.7 Å². The van der Waals surface area contributed by atoms with Crippen molar-refractivity contribution in [2.24, 2.45) is 0 Å². The monoisotopic (exact) mass is 269 g/mol. The van der Waals surface area contributed by atoms with Crippen molar-refractivity contribution in [2.75, 3.05) is 5.73 Å². The quantitative estimate of drug-likeness (QED) is 0.821. The van der Waals surface area contributed by atoms with Gasteiger partial charge in [0.25, 0.3) is 5.22 Å². The van der Waals surface area contributed by atoms with E-state index in [1.165, 1.54) is 6.07 Å². The summed E-state index contributed by atoms with van der Waals surface area (Å²) in [5.41, 5.74) is 4.68. The molecule has 18 heavy (non-hydrogen) atoms. The van der Waals surface area contributed by atoms with Crippen molar-refractivity contribution < 1.29 is 18.7 Å². The number of nitrogens with zero attached hydrogens (tertiary/aromatic N) is 2. The molecule has 6 nitrogen and oxygen atoms in total. The van der Waals surface area contributed by atoms with Crippen LogP contribution in [-0.4, -0.2) is 21.3 Å². The number of nitrogen functional groups attached to an aromatic ring is 1. The van der Waals surface area contributed by atoms with Gasteiger partial charge in [0, 0.05) is 11.8 Å². The van der Waals surface area contributed by atoms with E-state index in [1.807, 2.05) is 0 Å². The maximum atomic E-state index is 13.2. The Labute approximate surface area is 105 Å². The molecular weight excluding hydrogens is 261 g/mol. The largest absolute Gasteiger partial charge is 0.478 e. The van der Waals surface area contributed by atoms with E-state index in [9.17, 15) is 9.18 Å². The SMILES string of the molecule is Cc1nnc(Sc2ccc(F)c(N)c2C(=O)O)o1. The second-order valence-corrected chi connectivity index (χ2v) is 4.32. The van der Waals surface area contributed by atoms with E-state index in [0.29, 0.717) is 5.89 Å². The number of hydrogen-bond acceptors (Lipinski definition) is 6. The number of nitrogens with two attached hydrogens (primary N) is 1. The maximum absolute atomic E-state index is 13.2.